The molecule has 5 nitrogen and oxygen atoms in total. The molecular formula is C17H30N2O3Si. The maximum atomic E-state index is 5.79. The highest BCUT2D eigenvalue weighted by Crippen LogP contribution is 2.20. The normalized spacial score (nSPS) is 13.4. The van der Waals surface area contributed by atoms with E-state index in [0.29, 0.717) is 13.0 Å². The molecule has 1 atom stereocenters. The summed E-state index contributed by atoms with van der Waals surface area (Å²) >= 11 is 0. The van der Waals surface area contributed by atoms with Crippen molar-refractivity contribution in [2.24, 2.45) is 5.73 Å². The van der Waals surface area contributed by atoms with Crippen LogP contribution in [0.2, 0.25) is 0 Å². The van der Waals surface area contributed by atoms with Crippen LogP contribution in [0, 0.1) is 0 Å². The molecule has 0 amide bonds. The van der Waals surface area contributed by atoms with Crippen LogP contribution >= 0.6 is 0 Å². The molecule has 0 radical (unpaired) electrons. The molecule has 0 saturated carbocycles. The van der Waals surface area contributed by atoms with Gasteiger partial charge in [0.1, 0.15) is 11.6 Å². The van der Waals surface area contributed by atoms with Crippen LogP contribution in [0.1, 0.15) is 17.5 Å². The Labute approximate surface area is 142 Å². The summed E-state index contributed by atoms with van der Waals surface area (Å²) in [6.45, 7) is 5.85. The number of nitrogens with zero attached hydrogens (tertiary/aromatic N) is 1. The van der Waals surface area contributed by atoms with Gasteiger partial charge >= 0.3 is 0 Å². The van der Waals surface area contributed by atoms with Gasteiger partial charge in [0, 0.05) is 47.4 Å². The number of rotatable bonds is 11. The number of methoxy groups -OCH3 is 3. The van der Waals surface area contributed by atoms with Crippen LogP contribution in [0.25, 0.3) is 6.08 Å². The van der Waals surface area contributed by atoms with Crippen LogP contribution in [0.3, 0.4) is 0 Å². The van der Waals surface area contributed by atoms with Crippen LogP contribution in [0.4, 0.5) is 0 Å². The van der Waals surface area contributed by atoms with Crippen LogP contribution < -0.4 is 5.73 Å². The molecule has 130 valence electrons. The van der Waals surface area contributed by atoms with Crippen LogP contribution in [0.5, 0.6) is 0 Å². The molecular weight excluding hydrogens is 308 g/mol. The summed E-state index contributed by atoms with van der Waals surface area (Å²) in [5, 5.41) is 0. The van der Waals surface area contributed by atoms with Crippen molar-refractivity contribution < 1.29 is 14.2 Å². The Kier molecular flexibility index (Phi) is 8.68. The quantitative estimate of drug-likeness (QED) is 0.477. The first-order valence-electron chi connectivity index (χ1n) is 7.80. The van der Waals surface area contributed by atoms with Gasteiger partial charge in [-0.1, -0.05) is 36.9 Å². The summed E-state index contributed by atoms with van der Waals surface area (Å²) in [6, 6.07) is 8.33. The van der Waals surface area contributed by atoms with Crippen molar-refractivity contribution in [2.75, 3.05) is 34.4 Å². The first-order valence-corrected chi connectivity index (χ1v) is 8.80. The highest BCUT2D eigenvalue weighted by molar-refractivity contribution is 6.13. The van der Waals surface area contributed by atoms with Crippen molar-refractivity contribution >= 4 is 16.3 Å². The third-order valence-electron chi connectivity index (χ3n) is 4.11. The molecule has 0 bridgehead atoms. The predicted molar refractivity (Wildman–Crippen MR) is 98.1 cm³/mol. The molecule has 1 aromatic rings. The molecule has 2 N–H and O–H groups in total. The van der Waals surface area contributed by atoms with E-state index in [4.69, 9.17) is 19.9 Å². The van der Waals surface area contributed by atoms with Gasteiger partial charge in [-0.2, -0.15) is 0 Å². The number of hydrogen-bond acceptors (Lipinski definition) is 5. The summed E-state index contributed by atoms with van der Waals surface area (Å²) in [7, 11) is 5.80. The number of nitrogens with two attached hydrogens (primary N) is 1. The average Bonchev–Trinajstić information content (AvgIpc) is 2.59. The summed E-state index contributed by atoms with van der Waals surface area (Å²) < 4.78 is 16.7. The lowest BCUT2D eigenvalue weighted by atomic mass is 10.1. The number of benzene rings is 1. The van der Waals surface area contributed by atoms with E-state index in [-0.39, 0.29) is 6.23 Å². The minimum atomic E-state index is -0.555. The van der Waals surface area contributed by atoms with Gasteiger partial charge in [-0.15, -0.1) is 0 Å². The standard InChI is InChI=1S/C17H30N2O3Si/c1-5-14-6-8-15(9-7-14)13-19(11-10-18)16(20-2)12-17(23,21-3)22-4/h5-9,16H,1,10-13,18H2,2-4,23H3. The van der Waals surface area contributed by atoms with Crippen LogP contribution in [0.15, 0.2) is 30.8 Å². The Morgan fingerprint density at radius 1 is 1.26 bits per heavy atom. The molecule has 0 spiro atoms. The molecule has 0 heterocycles. The fraction of sp³-hybridized carbons (Fsp3) is 0.529. The predicted octanol–water partition coefficient (Wildman–Crippen LogP) is 0.765. The number of hydrogen-bond donors (Lipinski definition) is 1. The lowest BCUT2D eigenvalue weighted by molar-refractivity contribution is -0.182. The smallest absolute Gasteiger partial charge is 0.144 e. The largest absolute Gasteiger partial charge is 0.366 e. The Morgan fingerprint density at radius 3 is 2.30 bits per heavy atom. The van der Waals surface area contributed by atoms with E-state index in [1.165, 1.54) is 5.56 Å². The lowest BCUT2D eigenvalue weighted by Crippen LogP contribution is -2.47. The molecule has 1 aromatic carbocycles. The fourth-order valence-electron chi connectivity index (χ4n) is 2.41. The molecule has 0 aliphatic carbocycles. The molecule has 23 heavy (non-hydrogen) atoms. The minimum Gasteiger partial charge on any atom is -0.366 e. The molecule has 1 unspecified atom stereocenters. The monoisotopic (exact) mass is 338 g/mol. The highest BCUT2D eigenvalue weighted by atomic mass is 28.1. The first kappa shape index (κ1) is 20.0. The second kappa shape index (κ2) is 9.97. The zero-order chi connectivity index (χ0) is 17.3. The van der Waals surface area contributed by atoms with Crippen molar-refractivity contribution in [1.29, 1.82) is 0 Å². The maximum absolute atomic E-state index is 5.79. The molecule has 0 aliphatic rings. The molecule has 6 heteroatoms. The van der Waals surface area contributed by atoms with E-state index in [2.05, 4.69) is 35.7 Å². The molecule has 0 fully saturated rings. The third kappa shape index (κ3) is 6.17. The van der Waals surface area contributed by atoms with Gasteiger partial charge in [-0.25, -0.2) is 0 Å². The zero-order valence-corrected chi connectivity index (χ0v) is 16.7. The van der Waals surface area contributed by atoms with Gasteiger partial charge < -0.3 is 19.9 Å². The van der Waals surface area contributed by atoms with Gasteiger partial charge in [0.05, 0.1) is 10.2 Å². The van der Waals surface area contributed by atoms with E-state index >= 15 is 0 Å². The summed E-state index contributed by atoms with van der Waals surface area (Å²) in [4.78, 5) is 2.22. The first-order chi connectivity index (χ1) is 11.0. The van der Waals surface area contributed by atoms with Crippen LogP contribution in [-0.4, -0.2) is 61.2 Å². The average molecular weight is 339 g/mol. The van der Waals surface area contributed by atoms with Gasteiger partial charge in [0.15, 0.2) is 0 Å². The zero-order valence-electron chi connectivity index (χ0n) is 14.7. The van der Waals surface area contributed by atoms with Crippen molar-refractivity contribution in [3.8, 4) is 0 Å². The summed E-state index contributed by atoms with van der Waals surface area (Å²) in [5.41, 5.74) is 7.55. The maximum Gasteiger partial charge on any atom is 0.144 e. The SMILES string of the molecule is C=Cc1ccc(CN(CCN)C(CC([SiH3])(OC)OC)OC)cc1. The van der Waals surface area contributed by atoms with Gasteiger partial charge in [-0.3, -0.25) is 4.90 Å². The van der Waals surface area contributed by atoms with E-state index in [9.17, 15) is 0 Å². The van der Waals surface area contributed by atoms with E-state index in [1.54, 1.807) is 21.3 Å². The van der Waals surface area contributed by atoms with Gasteiger partial charge in [0.25, 0.3) is 0 Å². The van der Waals surface area contributed by atoms with Crippen molar-refractivity contribution in [2.45, 2.75) is 24.6 Å². The van der Waals surface area contributed by atoms with Gasteiger partial charge in [-0.05, 0) is 11.1 Å². The Morgan fingerprint density at radius 2 is 1.87 bits per heavy atom. The molecule has 0 saturated heterocycles. The van der Waals surface area contributed by atoms with E-state index < -0.39 is 5.41 Å². The Balaban J connectivity index is 2.85. The molecule has 1 rings (SSSR count). The van der Waals surface area contributed by atoms with Crippen molar-refractivity contribution in [1.82, 2.24) is 4.90 Å². The summed E-state index contributed by atoms with van der Waals surface area (Å²) in [5.74, 6) is 0. The molecule has 0 aliphatic heterocycles. The lowest BCUT2D eigenvalue weighted by Gasteiger charge is -2.36. The second-order valence-corrected chi connectivity index (χ2v) is 7.16. The summed E-state index contributed by atoms with van der Waals surface area (Å²) in [6.07, 6.45) is 2.37. The molecule has 0 aromatic heterocycles. The van der Waals surface area contributed by atoms with Crippen LogP contribution in [-0.2, 0) is 20.8 Å². The Bertz CT molecular complexity index is 463. The number of ether oxygens (including phenoxy) is 3. The van der Waals surface area contributed by atoms with E-state index in [0.717, 1.165) is 28.9 Å². The topological polar surface area (TPSA) is 57.0 Å². The minimum absolute atomic E-state index is 0.116. The third-order valence-corrected chi connectivity index (χ3v) is 5.33. The van der Waals surface area contributed by atoms with Gasteiger partial charge in [0.2, 0.25) is 0 Å². The highest BCUT2D eigenvalue weighted by Gasteiger charge is 2.30. The van der Waals surface area contributed by atoms with Crippen molar-refractivity contribution in [3.63, 3.8) is 0 Å². The van der Waals surface area contributed by atoms with E-state index in [1.807, 2.05) is 6.08 Å². The fourth-order valence-corrected chi connectivity index (χ4v) is 2.76. The van der Waals surface area contributed by atoms with Crippen molar-refractivity contribution in [3.05, 3.63) is 42.0 Å². The Hall–Kier alpha value is -1.02. The second-order valence-electron chi connectivity index (χ2n) is 5.64.